The minimum Gasteiger partial charge on any atom is -0.341 e. The van der Waals surface area contributed by atoms with Gasteiger partial charge in [-0.05, 0) is 17.7 Å². The fourth-order valence-corrected chi connectivity index (χ4v) is 4.28. The number of likely N-dealkylation sites (tertiary alicyclic amines) is 1. The van der Waals surface area contributed by atoms with Gasteiger partial charge in [-0.25, -0.2) is 22.4 Å². The molecule has 2 aliphatic rings. The highest BCUT2D eigenvalue weighted by atomic mass is 19.3. The van der Waals surface area contributed by atoms with Crippen molar-refractivity contribution in [2.45, 2.75) is 24.9 Å². The first-order valence-electron chi connectivity index (χ1n) is 10.5. The Kier molecular flexibility index (Phi) is 5.74. The molecule has 11 heteroatoms. The van der Waals surface area contributed by atoms with Crippen molar-refractivity contribution in [3.8, 4) is 0 Å². The summed E-state index contributed by atoms with van der Waals surface area (Å²) in [6, 6.07) is 7.88. The van der Waals surface area contributed by atoms with Crippen molar-refractivity contribution in [1.82, 2.24) is 15.1 Å². The van der Waals surface area contributed by atoms with Crippen molar-refractivity contribution < 1.29 is 31.9 Å². The lowest BCUT2D eigenvalue weighted by Crippen LogP contribution is -2.81. The number of anilines is 1. The predicted octanol–water partition coefficient (Wildman–Crippen LogP) is 2.85. The number of benzene rings is 2. The van der Waals surface area contributed by atoms with Crippen molar-refractivity contribution >= 4 is 23.5 Å². The second-order valence-corrected chi connectivity index (χ2v) is 8.50. The molecule has 7 nitrogen and oxygen atoms in total. The molecule has 0 atom stereocenters. The lowest BCUT2D eigenvalue weighted by atomic mass is 9.83. The van der Waals surface area contributed by atoms with Crippen LogP contribution in [0.15, 0.2) is 42.5 Å². The van der Waals surface area contributed by atoms with E-state index in [0.717, 1.165) is 24.0 Å². The van der Waals surface area contributed by atoms with Crippen LogP contribution in [-0.2, 0) is 22.1 Å². The maximum atomic E-state index is 13.8. The van der Waals surface area contributed by atoms with Gasteiger partial charge in [0.25, 0.3) is 11.8 Å². The average Bonchev–Trinajstić information content (AvgIpc) is 2.76. The molecule has 2 heterocycles. The number of nitrogens with zero attached hydrogens (tertiary/aromatic N) is 3. The third-order valence-corrected chi connectivity index (χ3v) is 6.18. The number of nitrogens with one attached hydrogen (secondary N) is 1. The average molecular weight is 478 g/mol. The number of carbonyl (C=O) groups excluding carboxylic acids is 3. The zero-order valence-corrected chi connectivity index (χ0v) is 18.4. The first kappa shape index (κ1) is 23.5. The molecule has 0 radical (unpaired) electrons. The Labute approximate surface area is 192 Å². The van der Waals surface area contributed by atoms with E-state index in [-0.39, 0.29) is 30.9 Å². The van der Waals surface area contributed by atoms with Crippen LogP contribution in [0.25, 0.3) is 0 Å². The van der Waals surface area contributed by atoms with Crippen LogP contribution < -0.4 is 10.2 Å². The van der Waals surface area contributed by atoms with Crippen molar-refractivity contribution in [2.24, 2.45) is 0 Å². The molecular formula is C23H22F4N4O3. The quantitative estimate of drug-likeness (QED) is 0.687. The molecular weight excluding hydrogens is 456 g/mol. The van der Waals surface area contributed by atoms with E-state index in [1.165, 1.54) is 47.2 Å². The summed E-state index contributed by atoms with van der Waals surface area (Å²) in [5.74, 6) is -6.31. The first-order chi connectivity index (χ1) is 16.0. The predicted molar refractivity (Wildman–Crippen MR) is 114 cm³/mol. The molecule has 2 fully saturated rings. The number of hydrogen-bond acceptors (Lipinski definition) is 3. The Morgan fingerprint density at radius 3 is 2.26 bits per heavy atom. The van der Waals surface area contributed by atoms with Gasteiger partial charge in [0, 0.05) is 37.8 Å². The Hall–Kier alpha value is -3.63. The summed E-state index contributed by atoms with van der Waals surface area (Å²) in [6.45, 7) is 0.0909. The molecule has 0 unspecified atom stereocenters. The van der Waals surface area contributed by atoms with E-state index in [9.17, 15) is 31.9 Å². The van der Waals surface area contributed by atoms with E-state index >= 15 is 0 Å². The highest BCUT2D eigenvalue weighted by Crippen LogP contribution is 2.37. The van der Waals surface area contributed by atoms with E-state index in [4.69, 9.17) is 0 Å². The van der Waals surface area contributed by atoms with Crippen LogP contribution >= 0.6 is 0 Å². The van der Waals surface area contributed by atoms with Gasteiger partial charge in [-0.2, -0.15) is 0 Å². The monoisotopic (exact) mass is 478 g/mol. The van der Waals surface area contributed by atoms with Gasteiger partial charge in [0.1, 0.15) is 6.54 Å². The molecule has 34 heavy (non-hydrogen) atoms. The standard InChI is InChI=1S/C23H22F4N4O3/c1-22(26,27)15-5-3-14(4-6-15)10-31-19(32)11-30(16-7-8-17(24)18(25)9-16)20(33)23(31)12-29(13-23)21(34)28-2/h3-9H,10-13H2,1-2H3,(H,28,34). The summed E-state index contributed by atoms with van der Waals surface area (Å²) in [4.78, 5) is 42.6. The molecule has 4 amide bonds. The second-order valence-electron chi connectivity index (χ2n) is 8.50. The second kappa shape index (κ2) is 8.30. The third-order valence-electron chi connectivity index (χ3n) is 6.18. The molecule has 180 valence electrons. The lowest BCUT2D eigenvalue weighted by Gasteiger charge is -2.57. The summed E-state index contributed by atoms with van der Waals surface area (Å²) >= 11 is 0. The Morgan fingerprint density at radius 2 is 1.71 bits per heavy atom. The van der Waals surface area contributed by atoms with E-state index in [2.05, 4.69) is 5.32 Å². The normalized spacial score (nSPS) is 17.8. The number of hydrogen-bond donors (Lipinski definition) is 1. The summed E-state index contributed by atoms with van der Waals surface area (Å²) in [6.07, 6.45) is 0. The molecule has 1 N–H and O–H groups in total. The fraction of sp³-hybridized carbons (Fsp3) is 0.348. The van der Waals surface area contributed by atoms with Crippen LogP contribution in [0.5, 0.6) is 0 Å². The maximum absolute atomic E-state index is 13.8. The molecule has 2 aliphatic heterocycles. The van der Waals surface area contributed by atoms with E-state index in [1.807, 2.05) is 0 Å². The molecule has 2 saturated heterocycles. The molecule has 0 aliphatic carbocycles. The number of piperazine rings is 1. The minimum atomic E-state index is -3.02. The smallest absolute Gasteiger partial charge is 0.317 e. The molecule has 4 rings (SSSR count). The number of carbonyl (C=O) groups is 3. The highest BCUT2D eigenvalue weighted by molar-refractivity contribution is 6.10. The molecule has 0 aromatic heterocycles. The fourth-order valence-electron chi connectivity index (χ4n) is 4.28. The van der Waals surface area contributed by atoms with Gasteiger partial charge < -0.3 is 20.0 Å². The van der Waals surface area contributed by atoms with Gasteiger partial charge >= 0.3 is 6.03 Å². The minimum absolute atomic E-state index is 0.0178. The van der Waals surface area contributed by atoms with E-state index in [0.29, 0.717) is 5.56 Å². The number of amides is 4. The topological polar surface area (TPSA) is 73.0 Å². The van der Waals surface area contributed by atoms with Crippen molar-refractivity contribution in [2.75, 3.05) is 31.6 Å². The Balaban J connectivity index is 1.66. The zero-order valence-electron chi connectivity index (χ0n) is 18.4. The van der Waals surface area contributed by atoms with Gasteiger partial charge in [-0.15, -0.1) is 0 Å². The highest BCUT2D eigenvalue weighted by Gasteiger charge is 2.60. The summed E-state index contributed by atoms with van der Waals surface area (Å²) in [7, 11) is 1.43. The largest absolute Gasteiger partial charge is 0.341 e. The molecule has 0 bridgehead atoms. The SMILES string of the molecule is CNC(=O)N1CC2(C1)C(=O)N(c1ccc(F)c(F)c1)CC(=O)N2Cc1ccc(C(C)(F)F)cc1. The van der Waals surface area contributed by atoms with Gasteiger partial charge in [0.15, 0.2) is 17.2 Å². The van der Waals surface area contributed by atoms with Crippen molar-refractivity contribution in [3.05, 3.63) is 65.2 Å². The van der Waals surface area contributed by atoms with Gasteiger partial charge in [0.05, 0.1) is 13.1 Å². The Morgan fingerprint density at radius 1 is 1.06 bits per heavy atom. The van der Waals surface area contributed by atoms with Crippen LogP contribution in [0.4, 0.5) is 28.0 Å². The maximum Gasteiger partial charge on any atom is 0.317 e. The summed E-state index contributed by atoms with van der Waals surface area (Å²) in [5, 5.41) is 2.45. The number of alkyl halides is 2. The number of halogens is 4. The Bertz CT molecular complexity index is 1140. The van der Waals surface area contributed by atoms with E-state index in [1.54, 1.807) is 0 Å². The number of urea groups is 1. The third kappa shape index (κ3) is 3.95. The number of rotatable bonds is 4. The van der Waals surface area contributed by atoms with Crippen LogP contribution in [-0.4, -0.2) is 59.9 Å². The van der Waals surface area contributed by atoms with Crippen LogP contribution in [0.1, 0.15) is 18.1 Å². The van der Waals surface area contributed by atoms with Crippen LogP contribution in [0.2, 0.25) is 0 Å². The molecule has 2 aromatic rings. The summed E-state index contributed by atoms with van der Waals surface area (Å²) in [5.41, 5.74) is -1.08. The molecule has 2 aromatic carbocycles. The molecule has 0 saturated carbocycles. The van der Waals surface area contributed by atoms with Crippen LogP contribution in [0.3, 0.4) is 0 Å². The van der Waals surface area contributed by atoms with Gasteiger partial charge in [-0.1, -0.05) is 24.3 Å². The van der Waals surface area contributed by atoms with E-state index < -0.39 is 47.5 Å². The van der Waals surface area contributed by atoms with Crippen LogP contribution in [0, 0.1) is 11.6 Å². The summed E-state index contributed by atoms with van der Waals surface area (Å²) < 4.78 is 54.3. The van der Waals surface area contributed by atoms with Gasteiger partial charge in [-0.3, -0.25) is 9.59 Å². The van der Waals surface area contributed by atoms with Crippen molar-refractivity contribution in [1.29, 1.82) is 0 Å². The van der Waals surface area contributed by atoms with Crippen molar-refractivity contribution in [3.63, 3.8) is 0 Å². The van der Waals surface area contributed by atoms with Gasteiger partial charge in [0.2, 0.25) is 5.91 Å². The first-order valence-corrected chi connectivity index (χ1v) is 10.5. The molecule has 1 spiro atoms. The zero-order chi connectivity index (χ0) is 24.8. The lowest BCUT2D eigenvalue weighted by molar-refractivity contribution is -0.161.